The molecule has 0 aliphatic heterocycles. The van der Waals surface area contributed by atoms with Crippen LogP contribution in [0.5, 0.6) is 0 Å². The lowest BCUT2D eigenvalue weighted by molar-refractivity contribution is -0.150. The van der Waals surface area contributed by atoms with Gasteiger partial charge in [-0.3, -0.25) is 19.2 Å². The number of nitrogens with zero attached hydrogens (tertiary/aromatic N) is 1. The van der Waals surface area contributed by atoms with Gasteiger partial charge >= 0.3 is 5.97 Å². The van der Waals surface area contributed by atoms with Gasteiger partial charge in [0.2, 0.25) is 17.7 Å². The van der Waals surface area contributed by atoms with Crippen molar-refractivity contribution in [1.82, 2.24) is 4.90 Å². The number of carboxylic acids is 1. The topological polar surface area (TPSA) is 144 Å². The molecule has 8 nitrogen and oxygen atoms in total. The van der Waals surface area contributed by atoms with Crippen LogP contribution in [-0.2, 0) is 19.2 Å². The first-order chi connectivity index (χ1) is 8.16. The number of aliphatic carboxylic acids is 1. The third-order valence-electron chi connectivity index (χ3n) is 2.53. The predicted molar refractivity (Wildman–Crippen MR) is 60.9 cm³/mol. The lowest BCUT2D eigenvalue weighted by atomic mass is 9.94. The highest BCUT2D eigenvalue weighted by Gasteiger charge is 2.30. The highest BCUT2D eigenvalue weighted by atomic mass is 16.4. The highest BCUT2D eigenvalue weighted by molar-refractivity contribution is 5.90. The lowest BCUT2D eigenvalue weighted by Crippen LogP contribution is -2.47. The second-order valence-electron chi connectivity index (χ2n) is 4.04. The van der Waals surface area contributed by atoms with E-state index in [1.807, 2.05) is 0 Å². The van der Waals surface area contributed by atoms with E-state index in [-0.39, 0.29) is 0 Å². The number of carbonyl (C=O) groups excluding carboxylic acids is 3. The first-order valence-corrected chi connectivity index (χ1v) is 5.25. The average Bonchev–Trinajstić information content (AvgIpc) is 2.23. The number of hydrogen-bond acceptors (Lipinski definition) is 4. The SMILES string of the molecule is CC(C(=O)O)C(C)C(=O)N(CC(N)=O)CC(N)=O. The zero-order valence-electron chi connectivity index (χ0n) is 10.3. The van der Waals surface area contributed by atoms with Crippen LogP contribution in [-0.4, -0.2) is 46.8 Å². The molecule has 0 spiro atoms. The van der Waals surface area contributed by atoms with Gasteiger partial charge in [-0.15, -0.1) is 0 Å². The average molecular weight is 259 g/mol. The molecular weight excluding hydrogens is 242 g/mol. The molecule has 5 N–H and O–H groups in total. The van der Waals surface area contributed by atoms with E-state index < -0.39 is 48.6 Å². The van der Waals surface area contributed by atoms with Gasteiger partial charge in [0.1, 0.15) is 0 Å². The lowest BCUT2D eigenvalue weighted by Gasteiger charge is -2.25. The molecule has 2 atom stereocenters. The summed E-state index contributed by atoms with van der Waals surface area (Å²) < 4.78 is 0. The maximum atomic E-state index is 11.9. The standard InChI is InChI=1S/C10H17N3O5/c1-5(6(2)10(17)18)9(16)13(3-7(11)14)4-8(12)15/h5-6H,3-4H2,1-2H3,(H2,11,14)(H2,12,15)(H,17,18). The molecule has 0 heterocycles. The fourth-order valence-electron chi connectivity index (χ4n) is 1.30. The van der Waals surface area contributed by atoms with Crippen molar-refractivity contribution in [2.75, 3.05) is 13.1 Å². The van der Waals surface area contributed by atoms with E-state index in [9.17, 15) is 19.2 Å². The molecule has 8 heteroatoms. The third-order valence-corrected chi connectivity index (χ3v) is 2.53. The van der Waals surface area contributed by atoms with Crippen LogP contribution in [0.1, 0.15) is 13.8 Å². The molecule has 18 heavy (non-hydrogen) atoms. The number of carboxylic acid groups (broad SMARTS) is 1. The molecule has 0 saturated heterocycles. The van der Waals surface area contributed by atoms with Gasteiger partial charge in [-0.2, -0.15) is 0 Å². The van der Waals surface area contributed by atoms with Crippen LogP contribution in [0.15, 0.2) is 0 Å². The Morgan fingerprint density at radius 3 is 1.67 bits per heavy atom. The molecule has 0 aromatic heterocycles. The Morgan fingerprint density at radius 1 is 1.00 bits per heavy atom. The molecule has 0 aromatic carbocycles. The van der Waals surface area contributed by atoms with Gasteiger partial charge in [0.05, 0.1) is 19.0 Å². The summed E-state index contributed by atoms with van der Waals surface area (Å²) in [5, 5.41) is 8.79. The van der Waals surface area contributed by atoms with Crippen molar-refractivity contribution in [1.29, 1.82) is 0 Å². The van der Waals surface area contributed by atoms with Crippen LogP contribution in [0.3, 0.4) is 0 Å². The molecule has 0 bridgehead atoms. The van der Waals surface area contributed by atoms with Crippen molar-refractivity contribution in [2.45, 2.75) is 13.8 Å². The maximum absolute atomic E-state index is 11.9. The van der Waals surface area contributed by atoms with Gasteiger partial charge in [0.25, 0.3) is 0 Å². The van der Waals surface area contributed by atoms with E-state index in [1.54, 1.807) is 0 Å². The molecule has 0 aliphatic carbocycles. The number of nitrogens with two attached hydrogens (primary N) is 2. The Bertz CT molecular complexity index is 353. The van der Waals surface area contributed by atoms with Gasteiger partial charge in [-0.25, -0.2) is 0 Å². The second kappa shape index (κ2) is 6.58. The van der Waals surface area contributed by atoms with Crippen molar-refractivity contribution >= 4 is 23.7 Å². The quantitative estimate of drug-likeness (QED) is 0.491. The number of carbonyl (C=O) groups is 4. The fraction of sp³-hybridized carbons (Fsp3) is 0.600. The minimum atomic E-state index is -1.14. The number of hydrogen-bond donors (Lipinski definition) is 3. The first-order valence-electron chi connectivity index (χ1n) is 5.25. The maximum Gasteiger partial charge on any atom is 0.307 e. The Balaban J connectivity index is 4.88. The molecule has 3 amide bonds. The smallest absolute Gasteiger partial charge is 0.307 e. The normalized spacial score (nSPS) is 13.4. The van der Waals surface area contributed by atoms with E-state index >= 15 is 0 Å². The van der Waals surface area contributed by atoms with Crippen LogP contribution < -0.4 is 11.5 Å². The largest absolute Gasteiger partial charge is 0.481 e. The Morgan fingerprint density at radius 2 is 1.39 bits per heavy atom. The highest BCUT2D eigenvalue weighted by Crippen LogP contribution is 2.14. The zero-order chi connectivity index (χ0) is 14.5. The zero-order valence-corrected chi connectivity index (χ0v) is 10.3. The van der Waals surface area contributed by atoms with Gasteiger partial charge in [0.15, 0.2) is 0 Å². The second-order valence-corrected chi connectivity index (χ2v) is 4.04. The molecule has 0 radical (unpaired) electrons. The molecule has 0 aromatic rings. The molecule has 102 valence electrons. The van der Waals surface area contributed by atoms with E-state index in [0.29, 0.717) is 0 Å². The third kappa shape index (κ3) is 4.81. The van der Waals surface area contributed by atoms with Gasteiger partial charge in [-0.05, 0) is 0 Å². The van der Waals surface area contributed by atoms with Crippen molar-refractivity contribution in [2.24, 2.45) is 23.3 Å². The van der Waals surface area contributed by atoms with E-state index in [2.05, 4.69) is 0 Å². The number of primary amides is 2. The van der Waals surface area contributed by atoms with E-state index in [0.717, 1.165) is 4.90 Å². The molecule has 0 saturated carbocycles. The Hall–Kier alpha value is -2.12. The number of amides is 3. The van der Waals surface area contributed by atoms with Crippen LogP contribution >= 0.6 is 0 Å². The van der Waals surface area contributed by atoms with E-state index in [4.69, 9.17) is 16.6 Å². The van der Waals surface area contributed by atoms with Crippen LogP contribution in [0.4, 0.5) is 0 Å². The van der Waals surface area contributed by atoms with Crippen molar-refractivity contribution in [3.63, 3.8) is 0 Å². The van der Waals surface area contributed by atoms with Gasteiger partial charge in [0, 0.05) is 5.92 Å². The molecule has 0 rings (SSSR count). The fourth-order valence-corrected chi connectivity index (χ4v) is 1.30. The number of rotatable bonds is 7. The van der Waals surface area contributed by atoms with Crippen molar-refractivity contribution in [3.05, 3.63) is 0 Å². The summed E-state index contributed by atoms with van der Waals surface area (Å²) >= 11 is 0. The summed E-state index contributed by atoms with van der Waals surface area (Å²) in [6, 6.07) is 0. The van der Waals surface area contributed by atoms with Crippen LogP contribution in [0.2, 0.25) is 0 Å². The van der Waals surface area contributed by atoms with Gasteiger partial charge < -0.3 is 21.5 Å². The summed E-state index contributed by atoms with van der Waals surface area (Å²) in [4.78, 5) is 45.1. The summed E-state index contributed by atoms with van der Waals surface area (Å²) in [6.07, 6.45) is 0. The minimum absolute atomic E-state index is 0.474. The van der Waals surface area contributed by atoms with Crippen molar-refractivity contribution < 1.29 is 24.3 Å². The van der Waals surface area contributed by atoms with E-state index in [1.165, 1.54) is 13.8 Å². The summed E-state index contributed by atoms with van der Waals surface area (Å²) in [5.41, 5.74) is 9.88. The molecule has 2 unspecified atom stereocenters. The monoisotopic (exact) mass is 259 g/mol. The minimum Gasteiger partial charge on any atom is -0.481 e. The predicted octanol–water partition coefficient (Wildman–Crippen LogP) is -1.86. The summed E-state index contributed by atoms with van der Waals surface area (Å²) in [7, 11) is 0. The molecule has 0 aliphatic rings. The van der Waals surface area contributed by atoms with Gasteiger partial charge in [-0.1, -0.05) is 13.8 Å². The molecule has 0 fully saturated rings. The first kappa shape index (κ1) is 15.9. The Kier molecular flexibility index (Phi) is 5.80. The summed E-state index contributed by atoms with van der Waals surface area (Å²) in [6.45, 7) is 1.81. The summed E-state index contributed by atoms with van der Waals surface area (Å²) in [5.74, 6) is -5.24. The van der Waals surface area contributed by atoms with Crippen molar-refractivity contribution in [3.8, 4) is 0 Å². The Labute approximate surface area is 104 Å². The van der Waals surface area contributed by atoms with Crippen LogP contribution in [0.25, 0.3) is 0 Å². The van der Waals surface area contributed by atoms with Crippen LogP contribution in [0, 0.1) is 11.8 Å². The molecular formula is C10H17N3O5.